The summed E-state index contributed by atoms with van der Waals surface area (Å²) in [4.78, 5) is 12.3. The maximum Gasteiger partial charge on any atom is 0.198 e. The normalized spacial score (nSPS) is 11.7. The van der Waals surface area contributed by atoms with Crippen molar-refractivity contribution in [2.75, 3.05) is 0 Å². The second-order valence-electron chi connectivity index (χ2n) is 1.62. The summed E-state index contributed by atoms with van der Waals surface area (Å²) in [5.74, 6) is 0. The summed E-state index contributed by atoms with van der Waals surface area (Å²) < 4.78 is 0. The second-order valence-corrected chi connectivity index (χ2v) is 1.62. The van der Waals surface area contributed by atoms with Crippen molar-refractivity contribution in [3.8, 4) is 0 Å². The monoisotopic (exact) mass is 126 g/mol. The minimum absolute atomic E-state index is 0.201. The Morgan fingerprint density at radius 3 is 2.89 bits per heavy atom. The summed E-state index contributed by atoms with van der Waals surface area (Å²) in [5, 5.41) is 3.35. The molecule has 0 aliphatic heterocycles. The van der Waals surface area contributed by atoms with Gasteiger partial charge in [-0.05, 0) is 12.0 Å². The van der Waals surface area contributed by atoms with E-state index < -0.39 is 0 Å². The van der Waals surface area contributed by atoms with Gasteiger partial charge in [0.1, 0.15) is 0 Å². The number of rotatable bonds is 4. The van der Waals surface area contributed by atoms with Gasteiger partial charge in [0.15, 0.2) is 6.29 Å². The van der Waals surface area contributed by atoms with Gasteiger partial charge in [0.2, 0.25) is 0 Å². The number of azide groups is 1. The van der Waals surface area contributed by atoms with Crippen LogP contribution in [0.5, 0.6) is 0 Å². The summed E-state index contributed by atoms with van der Waals surface area (Å²) >= 11 is 0. The molecule has 0 aromatic rings. The fraction of sp³-hybridized carbons (Fsp3) is 0.800. The zero-order chi connectivity index (χ0) is 7.11. The molecule has 4 nitrogen and oxygen atoms in total. The third-order valence-electron chi connectivity index (χ3n) is 1.01. The average molecular weight is 126 g/mol. The molecule has 4 heteroatoms. The molecule has 0 bridgehead atoms. The fourth-order valence-corrected chi connectivity index (χ4v) is 0.436. The molecule has 0 saturated heterocycles. The van der Waals surface area contributed by atoms with Crippen LogP contribution in [0.2, 0.25) is 0 Å². The molecular weight excluding hydrogens is 118 g/mol. The molecule has 0 N–H and O–H groups in total. The molecule has 9 heavy (non-hydrogen) atoms. The van der Waals surface area contributed by atoms with E-state index in [1.165, 1.54) is 0 Å². The van der Waals surface area contributed by atoms with Gasteiger partial charge in [0, 0.05) is 17.4 Å². The van der Waals surface area contributed by atoms with Crippen LogP contribution >= 0.6 is 0 Å². The summed E-state index contributed by atoms with van der Waals surface area (Å²) in [6.45, 7) is 1.86. The quantitative estimate of drug-likeness (QED) is 0.320. The first-order chi connectivity index (χ1) is 4.35. The maximum absolute atomic E-state index is 9.74. The molecule has 1 atom stereocenters. The number of carbonyl (C=O) groups excluding carboxylic acids is 1. The Bertz CT molecular complexity index is 128. The fourth-order valence-electron chi connectivity index (χ4n) is 0.436. The molecule has 0 amide bonds. The molecule has 0 aliphatic carbocycles. The molecule has 1 radical (unpaired) electrons. The summed E-state index contributed by atoms with van der Waals surface area (Å²) in [7, 11) is 0. The standard InChI is InChI=1S/C5H8N3O/c1-2-5(3-4-9)7-8-6/h5H,2-3H2,1H3. The average Bonchev–Trinajstić information content (AvgIpc) is 1.88. The predicted molar refractivity (Wildman–Crippen MR) is 33.5 cm³/mol. The Morgan fingerprint density at radius 2 is 2.56 bits per heavy atom. The highest BCUT2D eigenvalue weighted by molar-refractivity contribution is 5.51. The van der Waals surface area contributed by atoms with Crippen LogP contribution in [0.25, 0.3) is 10.4 Å². The molecule has 0 heterocycles. The van der Waals surface area contributed by atoms with Gasteiger partial charge in [0.05, 0.1) is 0 Å². The van der Waals surface area contributed by atoms with Gasteiger partial charge in [-0.2, -0.15) is 0 Å². The third kappa shape index (κ3) is 3.55. The van der Waals surface area contributed by atoms with E-state index in [1.807, 2.05) is 6.92 Å². The van der Waals surface area contributed by atoms with Crippen LogP contribution in [-0.4, -0.2) is 12.3 Å². The Labute approximate surface area is 53.5 Å². The Balaban J connectivity index is 3.66. The van der Waals surface area contributed by atoms with Crippen LogP contribution in [0.3, 0.4) is 0 Å². The number of hydrogen-bond acceptors (Lipinski definition) is 2. The van der Waals surface area contributed by atoms with Gasteiger partial charge in [0.25, 0.3) is 0 Å². The Hall–Kier alpha value is -1.02. The van der Waals surface area contributed by atoms with Crippen LogP contribution in [0.4, 0.5) is 0 Å². The lowest BCUT2D eigenvalue weighted by atomic mass is 10.2. The number of nitrogens with zero attached hydrogens (tertiary/aromatic N) is 3. The topological polar surface area (TPSA) is 65.8 Å². The molecular formula is C5H8N3O. The molecule has 0 aromatic heterocycles. The van der Waals surface area contributed by atoms with E-state index in [4.69, 9.17) is 5.53 Å². The van der Waals surface area contributed by atoms with Crippen LogP contribution < -0.4 is 0 Å². The molecule has 0 spiro atoms. The van der Waals surface area contributed by atoms with Crippen molar-refractivity contribution < 1.29 is 4.79 Å². The Kier molecular flexibility index (Phi) is 4.54. The van der Waals surface area contributed by atoms with Crippen molar-refractivity contribution in [1.82, 2.24) is 0 Å². The highest BCUT2D eigenvalue weighted by atomic mass is 16.1. The lowest BCUT2D eigenvalue weighted by Crippen LogP contribution is -2.00. The van der Waals surface area contributed by atoms with E-state index in [2.05, 4.69) is 10.0 Å². The van der Waals surface area contributed by atoms with Crippen molar-refractivity contribution >= 4 is 6.29 Å². The van der Waals surface area contributed by atoms with E-state index in [9.17, 15) is 4.79 Å². The highest BCUT2D eigenvalue weighted by Crippen LogP contribution is 1.99. The van der Waals surface area contributed by atoms with Gasteiger partial charge in [-0.1, -0.05) is 12.0 Å². The van der Waals surface area contributed by atoms with Crippen molar-refractivity contribution in [1.29, 1.82) is 0 Å². The minimum Gasteiger partial charge on any atom is -0.291 e. The van der Waals surface area contributed by atoms with E-state index in [-0.39, 0.29) is 12.5 Å². The van der Waals surface area contributed by atoms with Crippen LogP contribution in [0, 0.1) is 0 Å². The van der Waals surface area contributed by atoms with Crippen LogP contribution in [0.1, 0.15) is 19.8 Å². The lowest BCUT2D eigenvalue weighted by molar-refractivity contribution is 0.537. The molecule has 0 aliphatic rings. The van der Waals surface area contributed by atoms with Gasteiger partial charge in [-0.3, -0.25) is 4.79 Å². The second kappa shape index (κ2) is 5.12. The summed E-state index contributed by atoms with van der Waals surface area (Å²) in [6, 6.07) is -0.201. The molecule has 1 unspecified atom stereocenters. The smallest absolute Gasteiger partial charge is 0.198 e. The van der Waals surface area contributed by atoms with E-state index in [1.54, 1.807) is 6.29 Å². The summed E-state index contributed by atoms with van der Waals surface area (Å²) in [5.41, 5.74) is 7.92. The van der Waals surface area contributed by atoms with E-state index in [0.29, 0.717) is 6.42 Å². The van der Waals surface area contributed by atoms with Crippen molar-refractivity contribution in [2.24, 2.45) is 5.11 Å². The van der Waals surface area contributed by atoms with E-state index in [0.717, 1.165) is 0 Å². The molecule has 0 aromatic carbocycles. The molecule has 49 valence electrons. The van der Waals surface area contributed by atoms with Crippen molar-refractivity contribution in [3.05, 3.63) is 10.4 Å². The maximum atomic E-state index is 9.74. The van der Waals surface area contributed by atoms with Crippen LogP contribution in [0.15, 0.2) is 5.11 Å². The zero-order valence-corrected chi connectivity index (χ0v) is 5.24. The van der Waals surface area contributed by atoms with Gasteiger partial charge in [-0.15, -0.1) is 0 Å². The van der Waals surface area contributed by atoms with Gasteiger partial charge >= 0.3 is 0 Å². The molecule has 0 saturated carbocycles. The first kappa shape index (κ1) is 7.98. The third-order valence-corrected chi connectivity index (χ3v) is 1.01. The largest absolute Gasteiger partial charge is 0.291 e. The lowest BCUT2D eigenvalue weighted by Gasteiger charge is -1.97. The van der Waals surface area contributed by atoms with Gasteiger partial charge in [-0.25, -0.2) is 0 Å². The Morgan fingerprint density at radius 1 is 1.89 bits per heavy atom. The zero-order valence-electron chi connectivity index (χ0n) is 5.24. The van der Waals surface area contributed by atoms with Gasteiger partial charge < -0.3 is 0 Å². The first-order valence-corrected chi connectivity index (χ1v) is 2.74. The van der Waals surface area contributed by atoms with Crippen LogP contribution in [-0.2, 0) is 4.79 Å². The minimum atomic E-state index is -0.201. The van der Waals surface area contributed by atoms with E-state index >= 15 is 0 Å². The SMILES string of the molecule is CCC(C[C]=O)N=[N+]=[N-]. The first-order valence-electron chi connectivity index (χ1n) is 2.74. The van der Waals surface area contributed by atoms with Crippen molar-refractivity contribution in [3.63, 3.8) is 0 Å². The summed E-state index contributed by atoms with van der Waals surface area (Å²) in [6.07, 6.45) is 2.59. The molecule has 0 rings (SSSR count). The highest BCUT2D eigenvalue weighted by Gasteiger charge is 2.00. The van der Waals surface area contributed by atoms with Crippen molar-refractivity contribution in [2.45, 2.75) is 25.8 Å². The predicted octanol–water partition coefficient (Wildman–Crippen LogP) is 1.58. The molecule has 0 fully saturated rings. The number of hydrogen-bond donors (Lipinski definition) is 0.